The first-order valence-electron chi connectivity index (χ1n) is 5.83. The lowest BCUT2D eigenvalue weighted by Crippen LogP contribution is -2.10. The Kier molecular flexibility index (Phi) is 8.74. The van der Waals surface area contributed by atoms with Gasteiger partial charge in [-0.1, -0.05) is 32.8 Å². The van der Waals surface area contributed by atoms with Gasteiger partial charge in [0.2, 0.25) is 5.88 Å². The normalized spacial score (nSPS) is 9.41. The van der Waals surface area contributed by atoms with E-state index in [2.05, 4.69) is 18.8 Å². The molecule has 0 aliphatic carbocycles. The number of ether oxygens (including phenoxy) is 1. The molecule has 1 aromatic heterocycles. The molecule has 0 amide bonds. The highest BCUT2D eigenvalue weighted by Crippen LogP contribution is 2.10. The maximum atomic E-state index is 9.00. The maximum absolute atomic E-state index is 9.00. The van der Waals surface area contributed by atoms with Crippen LogP contribution in [0.5, 0.6) is 5.88 Å². The molecule has 0 bridgehead atoms. The summed E-state index contributed by atoms with van der Waals surface area (Å²) in [6.45, 7) is 6.25. The van der Waals surface area contributed by atoms with Gasteiger partial charge in [-0.2, -0.15) is 0 Å². The Morgan fingerprint density at radius 1 is 1.41 bits per heavy atom. The first-order valence-corrected chi connectivity index (χ1v) is 5.83. The van der Waals surface area contributed by atoms with Crippen molar-refractivity contribution in [1.82, 2.24) is 4.98 Å². The van der Waals surface area contributed by atoms with Crippen LogP contribution >= 0.6 is 0 Å². The molecule has 0 saturated carbocycles. The first kappa shape index (κ1) is 15.4. The molecule has 4 heteroatoms. The summed E-state index contributed by atoms with van der Waals surface area (Å²) in [4.78, 5) is 13.1. The second kappa shape index (κ2) is 9.63. The van der Waals surface area contributed by atoms with Crippen LogP contribution in [0, 0.1) is 5.92 Å². The molecule has 0 saturated heterocycles. The highest BCUT2D eigenvalue weighted by Gasteiger charge is 2.03. The van der Waals surface area contributed by atoms with Gasteiger partial charge in [0.05, 0.1) is 6.61 Å². The molecule has 0 spiro atoms. The lowest BCUT2D eigenvalue weighted by atomic mass is 10.1. The first-order chi connectivity index (χ1) is 8.10. The van der Waals surface area contributed by atoms with Gasteiger partial charge in [-0.05, 0) is 12.0 Å². The molecule has 96 valence electrons. The topological polar surface area (TPSA) is 59.4 Å². The predicted octanol–water partition coefficient (Wildman–Crippen LogP) is 2.99. The van der Waals surface area contributed by atoms with E-state index in [-0.39, 0.29) is 0 Å². The average Bonchev–Trinajstić information content (AvgIpc) is 2.31. The van der Waals surface area contributed by atoms with Crippen LogP contribution in [0.1, 0.15) is 33.6 Å². The van der Waals surface area contributed by atoms with Gasteiger partial charge in [0.25, 0.3) is 5.97 Å². The number of aliphatic carboxylic acids is 1. The van der Waals surface area contributed by atoms with Crippen molar-refractivity contribution in [1.29, 1.82) is 0 Å². The number of carboxylic acids is 1. The van der Waals surface area contributed by atoms with E-state index >= 15 is 0 Å². The van der Waals surface area contributed by atoms with Gasteiger partial charge >= 0.3 is 0 Å². The van der Waals surface area contributed by atoms with Crippen LogP contribution in [0.2, 0.25) is 0 Å². The van der Waals surface area contributed by atoms with E-state index in [0.717, 1.165) is 19.4 Å². The molecule has 0 aromatic carbocycles. The number of carboxylic acid groups (broad SMARTS) is 1. The van der Waals surface area contributed by atoms with E-state index in [1.54, 1.807) is 6.20 Å². The maximum Gasteiger partial charge on any atom is 0.300 e. The molecule has 1 rings (SSSR count). The number of pyridine rings is 1. The van der Waals surface area contributed by atoms with E-state index in [0.29, 0.717) is 5.92 Å². The largest absolute Gasteiger partial charge is 0.481 e. The van der Waals surface area contributed by atoms with Crippen LogP contribution in [0.4, 0.5) is 0 Å². The monoisotopic (exact) mass is 239 g/mol. The summed E-state index contributed by atoms with van der Waals surface area (Å²) < 4.78 is 5.54. The van der Waals surface area contributed by atoms with E-state index in [4.69, 9.17) is 14.6 Å². The SMILES string of the molecule is CC(=O)O.CCC(CC)COc1ccccn1. The second-order valence-electron chi connectivity index (χ2n) is 3.68. The molecule has 0 atom stereocenters. The molecule has 0 radical (unpaired) electrons. The molecular weight excluding hydrogens is 218 g/mol. The minimum absolute atomic E-state index is 0.655. The van der Waals surface area contributed by atoms with Crippen molar-refractivity contribution in [2.75, 3.05) is 6.61 Å². The summed E-state index contributed by atoms with van der Waals surface area (Å²) in [5.74, 6) is 0.552. The van der Waals surface area contributed by atoms with Crippen LogP contribution in [0.3, 0.4) is 0 Å². The van der Waals surface area contributed by atoms with Gasteiger partial charge in [-0.25, -0.2) is 4.98 Å². The third-order valence-electron chi connectivity index (χ3n) is 2.26. The number of rotatable bonds is 5. The van der Waals surface area contributed by atoms with E-state index in [9.17, 15) is 0 Å². The van der Waals surface area contributed by atoms with Gasteiger partial charge in [-0.3, -0.25) is 4.79 Å². The van der Waals surface area contributed by atoms with Crippen molar-refractivity contribution in [2.45, 2.75) is 33.6 Å². The molecule has 1 aromatic rings. The number of aromatic nitrogens is 1. The van der Waals surface area contributed by atoms with Crippen LogP contribution < -0.4 is 4.74 Å². The highest BCUT2D eigenvalue weighted by molar-refractivity contribution is 5.62. The zero-order valence-electron chi connectivity index (χ0n) is 10.7. The molecule has 1 N–H and O–H groups in total. The van der Waals surface area contributed by atoms with Crippen molar-refractivity contribution >= 4 is 5.97 Å². The number of carbonyl (C=O) groups is 1. The highest BCUT2D eigenvalue weighted by atomic mass is 16.5. The second-order valence-corrected chi connectivity index (χ2v) is 3.68. The van der Waals surface area contributed by atoms with Gasteiger partial charge < -0.3 is 9.84 Å². The van der Waals surface area contributed by atoms with Gasteiger partial charge in [-0.15, -0.1) is 0 Å². The number of hydrogen-bond acceptors (Lipinski definition) is 3. The fourth-order valence-corrected chi connectivity index (χ4v) is 1.16. The van der Waals surface area contributed by atoms with Gasteiger partial charge in [0.1, 0.15) is 0 Å². The van der Waals surface area contributed by atoms with Crippen LogP contribution in [0.15, 0.2) is 24.4 Å². The van der Waals surface area contributed by atoms with Crippen molar-refractivity contribution in [3.63, 3.8) is 0 Å². The minimum atomic E-state index is -0.833. The molecular formula is C13H21NO3. The third-order valence-corrected chi connectivity index (χ3v) is 2.26. The molecule has 4 nitrogen and oxygen atoms in total. The van der Waals surface area contributed by atoms with Gasteiger partial charge in [0.15, 0.2) is 0 Å². The average molecular weight is 239 g/mol. The Hall–Kier alpha value is -1.58. The Labute approximate surface area is 103 Å². The van der Waals surface area contributed by atoms with Crippen LogP contribution in [0.25, 0.3) is 0 Å². The fraction of sp³-hybridized carbons (Fsp3) is 0.538. The number of nitrogens with zero attached hydrogens (tertiary/aromatic N) is 1. The smallest absolute Gasteiger partial charge is 0.300 e. The molecule has 0 aliphatic rings. The Bertz CT molecular complexity index is 293. The van der Waals surface area contributed by atoms with Crippen LogP contribution in [-0.2, 0) is 4.79 Å². The summed E-state index contributed by atoms with van der Waals surface area (Å²) in [5.41, 5.74) is 0. The standard InChI is InChI=1S/C11H17NO.C2H4O2/c1-3-10(4-2)9-13-11-7-5-6-8-12-11;1-2(3)4/h5-8,10H,3-4,9H2,1-2H3;1H3,(H,3,4). The summed E-state index contributed by atoms with van der Waals surface area (Å²) in [6.07, 6.45) is 4.09. The Morgan fingerprint density at radius 2 is 2.00 bits per heavy atom. The minimum Gasteiger partial charge on any atom is -0.481 e. The molecule has 0 unspecified atom stereocenters. The molecule has 0 aliphatic heterocycles. The van der Waals surface area contributed by atoms with E-state index < -0.39 is 5.97 Å². The van der Waals surface area contributed by atoms with Gasteiger partial charge in [0, 0.05) is 19.2 Å². The summed E-state index contributed by atoms with van der Waals surface area (Å²) >= 11 is 0. The number of hydrogen-bond donors (Lipinski definition) is 1. The molecule has 0 fully saturated rings. The van der Waals surface area contributed by atoms with Crippen molar-refractivity contribution in [3.05, 3.63) is 24.4 Å². The van der Waals surface area contributed by atoms with Crippen molar-refractivity contribution < 1.29 is 14.6 Å². The Balaban J connectivity index is 0.000000557. The summed E-state index contributed by atoms with van der Waals surface area (Å²) in [5, 5.41) is 7.42. The quantitative estimate of drug-likeness (QED) is 0.858. The summed E-state index contributed by atoms with van der Waals surface area (Å²) in [6, 6.07) is 5.72. The third kappa shape index (κ3) is 9.35. The van der Waals surface area contributed by atoms with Crippen molar-refractivity contribution in [3.8, 4) is 5.88 Å². The van der Waals surface area contributed by atoms with E-state index in [1.165, 1.54) is 12.8 Å². The van der Waals surface area contributed by atoms with E-state index in [1.807, 2.05) is 18.2 Å². The fourth-order valence-electron chi connectivity index (χ4n) is 1.16. The zero-order chi connectivity index (χ0) is 13.1. The lowest BCUT2D eigenvalue weighted by molar-refractivity contribution is -0.134. The molecule has 1 heterocycles. The Morgan fingerprint density at radius 3 is 2.41 bits per heavy atom. The summed E-state index contributed by atoms with van der Waals surface area (Å²) in [7, 11) is 0. The lowest BCUT2D eigenvalue weighted by Gasteiger charge is -2.12. The zero-order valence-corrected chi connectivity index (χ0v) is 10.7. The van der Waals surface area contributed by atoms with Crippen molar-refractivity contribution in [2.24, 2.45) is 5.92 Å². The molecule has 17 heavy (non-hydrogen) atoms. The predicted molar refractivity (Wildman–Crippen MR) is 67.1 cm³/mol. The van der Waals surface area contributed by atoms with Crippen LogP contribution in [-0.4, -0.2) is 22.7 Å².